The molecule has 0 bridgehead atoms. The summed E-state index contributed by atoms with van der Waals surface area (Å²) in [7, 11) is 0. The Kier molecular flexibility index (Phi) is 2.93. The molecule has 2 aromatic carbocycles. The number of nitrogens with one attached hydrogen (secondary N) is 1. The van der Waals surface area contributed by atoms with E-state index in [9.17, 15) is 9.59 Å². The Morgan fingerprint density at radius 3 is 2.65 bits per heavy atom. The van der Waals surface area contributed by atoms with Gasteiger partial charge in [-0.2, -0.15) is 0 Å². The first-order valence-electron chi connectivity index (χ1n) is 6.78. The van der Waals surface area contributed by atoms with Gasteiger partial charge in [0.05, 0.1) is 5.69 Å². The Morgan fingerprint density at radius 1 is 1.25 bits per heavy atom. The maximum Gasteiger partial charge on any atom is 0.259 e. The molecule has 1 heterocycles. The highest BCUT2D eigenvalue weighted by Crippen LogP contribution is 2.38. The molecule has 20 heavy (non-hydrogen) atoms. The zero-order valence-electron chi connectivity index (χ0n) is 11.5. The second-order valence-electron chi connectivity index (χ2n) is 4.93. The van der Waals surface area contributed by atoms with Gasteiger partial charge >= 0.3 is 0 Å². The lowest BCUT2D eigenvalue weighted by molar-refractivity contribution is -0.121. The summed E-state index contributed by atoms with van der Waals surface area (Å²) in [6, 6.07) is 11.0. The van der Waals surface area contributed by atoms with E-state index in [1.54, 1.807) is 11.8 Å². The van der Waals surface area contributed by atoms with Crippen molar-refractivity contribution in [1.82, 2.24) is 5.32 Å². The SMILES string of the molecule is CCNC(=O)[C@@H](C)N1C(=O)c2cccc3cccc1c23. The molecule has 0 saturated carbocycles. The fourth-order valence-corrected chi connectivity index (χ4v) is 2.76. The highest BCUT2D eigenvalue weighted by atomic mass is 16.2. The number of carbonyl (C=O) groups excluding carboxylic acids is 2. The van der Waals surface area contributed by atoms with Crippen molar-refractivity contribution < 1.29 is 9.59 Å². The maximum atomic E-state index is 12.6. The molecule has 0 aromatic heterocycles. The van der Waals surface area contributed by atoms with E-state index in [-0.39, 0.29) is 11.8 Å². The zero-order valence-corrected chi connectivity index (χ0v) is 11.5. The van der Waals surface area contributed by atoms with Gasteiger partial charge in [0, 0.05) is 17.5 Å². The summed E-state index contributed by atoms with van der Waals surface area (Å²) in [5, 5.41) is 4.74. The fraction of sp³-hybridized carbons (Fsp3) is 0.250. The standard InChI is InChI=1S/C16H16N2O2/c1-3-17-15(19)10(2)18-13-9-5-7-11-6-4-8-12(14(11)13)16(18)20/h4-10H,3H2,1-2H3,(H,17,19)/t10-/m1/s1. The summed E-state index contributed by atoms with van der Waals surface area (Å²) < 4.78 is 0. The smallest absolute Gasteiger partial charge is 0.259 e. The molecule has 2 aromatic rings. The van der Waals surface area contributed by atoms with Crippen molar-refractivity contribution in [3.63, 3.8) is 0 Å². The number of amides is 2. The van der Waals surface area contributed by atoms with Crippen LogP contribution in [0.2, 0.25) is 0 Å². The van der Waals surface area contributed by atoms with E-state index < -0.39 is 6.04 Å². The molecular weight excluding hydrogens is 252 g/mol. The van der Waals surface area contributed by atoms with E-state index in [1.807, 2.05) is 43.3 Å². The van der Waals surface area contributed by atoms with Crippen molar-refractivity contribution in [2.75, 3.05) is 11.4 Å². The number of anilines is 1. The van der Waals surface area contributed by atoms with Gasteiger partial charge in [-0.05, 0) is 31.4 Å². The number of rotatable bonds is 3. The third-order valence-electron chi connectivity index (χ3n) is 3.71. The van der Waals surface area contributed by atoms with Crippen molar-refractivity contribution in [1.29, 1.82) is 0 Å². The Labute approximate surface area is 117 Å². The molecule has 1 aliphatic heterocycles. The first-order chi connectivity index (χ1) is 9.65. The molecule has 0 spiro atoms. The first kappa shape index (κ1) is 12.7. The van der Waals surface area contributed by atoms with E-state index in [0.29, 0.717) is 12.1 Å². The molecule has 1 N–H and O–H groups in total. The molecule has 1 aliphatic rings. The Hall–Kier alpha value is -2.36. The minimum absolute atomic E-state index is 0.101. The van der Waals surface area contributed by atoms with E-state index in [0.717, 1.165) is 16.5 Å². The Morgan fingerprint density at radius 2 is 1.95 bits per heavy atom. The van der Waals surface area contributed by atoms with Crippen LogP contribution in [0.3, 0.4) is 0 Å². The molecule has 4 heteroatoms. The molecule has 1 atom stereocenters. The highest BCUT2D eigenvalue weighted by molar-refractivity contribution is 6.26. The number of benzene rings is 2. The van der Waals surface area contributed by atoms with Gasteiger partial charge in [0.25, 0.3) is 5.91 Å². The van der Waals surface area contributed by atoms with Crippen LogP contribution in [-0.4, -0.2) is 24.4 Å². The molecule has 2 amide bonds. The van der Waals surface area contributed by atoms with Crippen LogP contribution in [-0.2, 0) is 4.79 Å². The fourth-order valence-electron chi connectivity index (χ4n) is 2.76. The van der Waals surface area contributed by atoms with Crippen molar-refractivity contribution in [3.05, 3.63) is 42.0 Å². The van der Waals surface area contributed by atoms with Gasteiger partial charge in [0.1, 0.15) is 6.04 Å². The average molecular weight is 268 g/mol. The molecule has 102 valence electrons. The lowest BCUT2D eigenvalue weighted by atomic mass is 10.1. The molecule has 4 nitrogen and oxygen atoms in total. The van der Waals surface area contributed by atoms with Crippen LogP contribution < -0.4 is 10.2 Å². The molecular formula is C16H16N2O2. The van der Waals surface area contributed by atoms with Crippen LogP contribution in [0.1, 0.15) is 24.2 Å². The van der Waals surface area contributed by atoms with Gasteiger partial charge in [-0.15, -0.1) is 0 Å². The molecule has 0 fully saturated rings. The van der Waals surface area contributed by atoms with Crippen LogP contribution >= 0.6 is 0 Å². The first-order valence-corrected chi connectivity index (χ1v) is 6.78. The van der Waals surface area contributed by atoms with E-state index in [2.05, 4.69) is 5.32 Å². The number of carbonyl (C=O) groups is 2. The van der Waals surface area contributed by atoms with E-state index in [1.165, 1.54) is 0 Å². The minimum Gasteiger partial charge on any atom is -0.355 e. The largest absolute Gasteiger partial charge is 0.355 e. The van der Waals surface area contributed by atoms with Gasteiger partial charge in [0.2, 0.25) is 5.91 Å². The predicted molar refractivity (Wildman–Crippen MR) is 78.9 cm³/mol. The Bertz CT molecular complexity index is 703. The molecule has 0 radical (unpaired) electrons. The average Bonchev–Trinajstić information content (AvgIpc) is 2.74. The summed E-state index contributed by atoms with van der Waals surface area (Å²) in [6.45, 7) is 4.18. The molecule has 0 unspecified atom stereocenters. The second kappa shape index (κ2) is 4.63. The van der Waals surface area contributed by atoms with E-state index >= 15 is 0 Å². The lowest BCUT2D eigenvalue weighted by Crippen LogP contribution is -2.46. The monoisotopic (exact) mass is 268 g/mol. The van der Waals surface area contributed by atoms with Gasteiger partial charge in [-0.25, -0.2) is 0 Å². The summed E-state index contributed by atoms with van der Waals surface area (Å²) in [5.74, 6) is -0.235. The Balaban J connectivity index is 2.11. The van der Waals surface area contributed by atoms with Crippen molar-refractivity contribution >= 4 is 28.3 Å². The number of likely N-dealkylation sites (N-methyl/N-ethyl adjacent to an activating group) is 1. The number of nitrogens with zero attached hydrogens (tertiary/aromatic N) is 1. The summed E-state index contributed by atoms with van der Waals surface area (Å²) in [5.41, 5.74) is 1.50. The second-order valence-corrected chi connectivity index (χ2v) is 4.93. The van der Waals surface area contributed by atoms with Crippen molar-refractivity contribution in [2.24, 2.45) is 0 Å². The van der Waals surface area contributed by atoms with Crippen LogP contribution in [0, 0.1) is 0 Å². The molecule has 0 saturated heterocycles. The van der Waals surface area contributed by atoms with Crippen LogP contribution in [0.15, 0.2) is 36.4 Å². The summed E-state index contributed by atoms with van der Waals surface area (Å²) in [6.07, 6.45) is 0. The zero-order chi connectivity index (χ0) is 14.3. The normalized spacial score (nSPS) is 14.7. The quantitative estimate of drug-likeness (QED) is 0.928. The van der Waals surface area contributed by atoms with Crippen molar-refractivity contribution in [2.45, 2.75) is 19.9 Å². The summed E-state index contributed by atoms with van der Waals surface area (Å²) in [4.78, 5) is 26.2. The van der Waals surface area contributed by atoms with Crippen molar-refractivity contribution in [3.8, 4) is 0 Å². The van der Waals surface area contributed by atoms with Gasteiger partial charge in [-0.1, -0.05) is 24.3 Å². The lowest BCUT2D eigenvalue weighted by Gasteiger charge is -2.24. The topological polar surface area (TPSA) is 49.4 Å². The highest BCUT2D eigenvalue weighted by Gasteiger charge is 2.35. The minimum atomic E-state index is -0.513. The predicted octanol–water partition coefficient (Wildman–Crippen LogP) is 2.32. The van der Waals surface area contributed by atoms with Gasteiger partial charge in [-0.3, -0.25) is 14.5 Å². The van der Waals surface area contributed by atoms with Crippen LogP contribution in [0.5, 0.6) is 0 Å². The maximum absolute atomic E-state index is 12.6. The third kappa shape index (κ3) is 1.68. The molecule has 0 aliphatic carbocycles. The number of hydrogen-bond acceptors (Lipinski definition) is 2. The van der Waals surface area contributed by atoms with Gasteiger partial charge < -0.3 is 5.32 Å². The third-order valence-corrected chi connectivity index (χ3v) is 3.71. The van der Waals surface area contributed by atoms with Crippen LogP contribution in [0.4, 0.5) is 5.69 Å². The van der Waals surface area contributed by atoms with E-state index in [4.69, 9.17) is 0 Å². The summed E-state index contributed by atoms with van der Waals surface area (Å²) >= 11 is 0. The van der Waals surface area contributed by atoms with Crippen LogP contribution in [0.25, 0.3) is 10.8 Å². The number of hydrogen-bond donors (Lipinski definition) is 1. The molecule has 3 rings (SSSR count). The van der Waals surface area contributed by atoms with Gasteiger partial charge in [0.15, 0.2) is 0 Å².